The second-order valence-corrected chi connectivity index (χ2v) is 19.5. The highest BCUT2D eigenvalue weighted by Gasteiger charge is 2.41. The molecule has 2 rings (SSSR count). The maximum Gasteiger partial charge on any atom is 0.246 e. The Morgan fingerprint density at radius 3 is 1.64 bits per heavy atom. The second-order valence-electron chi connectivity index (χ2n) is 19.5. The van der Waals surface area contributed by atoms with Crippen LogP contribution in [-0.2, 0) is 64.0 Å². The minimum absolute atomic E-state index is 0.00609. The number of amides is 12. The van der Waals surface area contributed by atoms with Crippen LogP contribution in [0.1, 0.15) is 105 Å². The Labute approximate surface area is 435 Å². The monoisotopic (exact) mass is 1060 g/mol. The average molecular weight is 1060 g/mol. The molecule has 1 saturated heterocycles. The van der Waals surface area contributed by atoms with Gasteiger partial charge in [0.1, 0.15) is 54.1 Å². The number of nitrogens with zero attached hydrogens (tertiary/aromatic N) is 1. The summed E-state index contributed by atoms with van der Waals surface area (Å²) in [5, 5.41) is 37.2. The molecule has 1 aliphatic heterocycles. The molecule has 75 heavy (non-hydrogen) atoms. The quantitative estimate of drug-likeness (QED) is 0.0322. The molecule has 1 aromatic carbocycles. The summed E-state index contributed by atoms with van der Waals surface area (Å²) in [6.45, 7) is 9.36. The van der Waals surface area contributed by atoms with Crippen LogP contribution in [0.5, 0.6) is 5.75 Å². The van der Waals surface area contributed by atoms with Crippen molar-refractivity contribution in [3.63, 3.8) is 0 Å². The zero-order valence-corrected chi connectivity index (χ0v) is 43.4. The van der Waals surface area contributed by atoms with Gasteiger partial charge >= 0.3 is 0 Å². The molecule has 27 nitrogen and oxygen atoms in total. The Balaban J connectivity index is 2.48. The van der Waals surface area contributed by atoms with Crippen molar-refractivity contribution >= 4 is 70.9 Å². The standard InChI is InChI=1S/C48H77N13O14/c1-7-25(6)39(47(74)57-30(19-23(2)3)42(69)54-28(40(53)67)14-16-35(49)64)60-45(72)34-9-8-18-61(34)48(75)32(20-26-10-12-27(63)13-11-26)58-43(70)31(21-37(51)66)56-41(68)29(15-17-36(50)65)55-44(71)33(22-62)59-46(73)38(52)24(4)5/h10-13,23-25,28-34,38-39,62-63H,7-9,14-22,52H2,1-6H3,(H2,49,64)(H2,50,65)(H2,51,66)(H2,53,67)(H,54,69)(H,55,71)(H,56,68)(H,57,74)(H,58,70)(H,59,73)(H,60,72). The summed E-state index contributed by atoms with van der Waals surface area (Å²) in [6.07, 6.45) is -1.65. The van der Waals surface area contributed by atoms with Crippen molar-refractivity contribution in [2.45, 2.75) is 160 Å². The number of carbonyl (C=O) groups excluding carboxylic acids is 12. The Bertz CT molecular complexity index is 2210. The Morgan fingerprint density at radius 2 is 1.12 bits per heavy atom. The van der Waals surface area contributed by atoms with Gasteiger partial charge < -0.3 is 81.0 Å². The van der Waals surface area contributed by atoms with Crippen LogP contribution in [0.3, 0.4) is 0 Å². The minimum Gasteiger partial charge on any atom is -0.508 e. The Hall–Kier alpha value is -7.42. The van der Waals surface area contributed by atoms with Crippen molar-refractivity contribution in [2.75, 3.05) is 13.2 Å². The van der Waals surface area contributed by atoms with E-state index in [4.69, 9.17) is 28.7 Å². The van der Waals surface area contributed by atoms with E-state index in [0.717, 1.165) is 0 Å². The van der Waals surface area contributed by atoms with Gasteiger partial charge in [0.05, 0.1) is 19.1 Å². The number of carbonyl (C=O) groups is 12. The molecule has 0 spiro atoms. The van der Waals surface area contributed by atoms with Crippen molar-refractivity contribution in [3.8, 4) is 5.75 Å². The molecule has 12 amide bonds. The van der Waals surface area contributed by atoms with Crippen LogP contribution in [0.15, 0.2) is 24.3 Å². The zero-order chi connectivity index (χ0) is 56.9. The number of phenols is 1. The number of benzene rings is 1. The van der Waals surface area contributed by atoms with Gasteiger partial charge in [-0.05, 0) is 67.6 Å². The zero-order valence-electron chi connectivity index (χ0n) is 43.4. The summed E-state index contributed by atoms with van der Waals surface area (Å²) in [4.78, 5) is 159. The van der Waals surface area contributed by atoms with Gasteiger partial charge in [-0.1, -0.05) is 60.1 Å². The third-order valence-electron chi connectivity index (χ3n) is 12.5. The number of phenolic OH excluding ortho intramolecular Hbond substituents is 1. The van der Waals surface area contributed by atoms with Crippen LogP contribution in [0.25, 0.3) is 0 Å². The topological polar surface area (TPSA) is 463 Å². The van der Waals surface area contributed by atoms with Crippen molar-refractivity contribution < 1.29 is 67.7 Å². The highest BCUT2D eigenvalue weighted by atomic mass is 16.3. The Kier molecular flexibility index (Phi) is 26.1. The lowest BCUT2D eigenvalue weighted by Gasteiger charge is -2.32. The van der Waals surface area contributed by atoms with Gasteiger partial charge in [-0.25, -0.2) is 0 Å². The maximum absolute atomic E-state index is 14.7. The van der Waals surface area contributed by atoms with Crippen molar-refractivity contribution in [1.82, 2.24) is 42.1 Å². The van der Waals surface area contributed by atoms with E-state index in [1.165, 1.54) is 29.2 Å². The number of aliphatic hydroxyl groups excluding tert-OH is 1. The first kappa shape index (κ1) is 63.7. The predicted molar refractivity (Wildman–Crippen MR) is 269 cm³/mol. The lowest BCUT2D eigenvalue weighted by molar-refractivity contribution is -0.143. The maximum atomic E-state index is 14.7. The van der Waals surface area contributed by atoms with Gasteiger partial charge in [-0.3, -0.25) is 57.5 Å². The third-order valence-corrected chi connectivity index (χ3v) is 12.5. The predicted octanol–water partition coefficient (Wildman–Crippen LogP) is -4.72. The molecule has 1 aliphatic rings. The van der Waals surface area contributed by atoms with Crippen LogP contribution in [0.4, 0.5) is 0 Å². The number of aromatic hydroxyl groups is 1. The number of rotatable bonds is 32. The van der Waals surface area contributed by atoms with Crippen molar-refractivity contribution in [2.24, 2.45) is 46.4 Å². The first-order valence-electron chi connectivity index (χ1n) is 24.8. The highest BCUT2D eigenvalue weighted by Crippen LogP contribution is 2.22. The molecule has 1 heterocycles. The molecule has 19 N–H and O–H groups in total. The summed E-state index contributed by atoms with van der Waals surface area (Å²) in [5.41, 5.74) is 27.8. The van der Waals surface area contributed by atoms with Crippen LogP contribution < -0.4 is 65.9 Å². The number of nitrogens with two attached hydrogens (primary N) is 5. The summed E-state index contributed by atoms with van der Waals surface area (Å²) >= 11 is 0. The van der Waals surface area contributed by atoms with E-state index >= 15 is 0 Å². The van der Waals surface area contributed by atoms with Gasteiger partial charge in [0.25, 0.3) is 0 Å². The Morgan fingerprint density at radius 1 is 0.627 bits per heavy atom. The fraction of sp³-hybridized carbons (Fsp3) is 0.625. The van der Waals surface area contributed by atoms with E-state index in [-0.39, 0.29) is 56.2 Å². The fourth-order valence-corrected chi connectivity index (χ4v) is 7.88. The van der Waals surface area contributed by atoms with Crippen LogP contribution >= 0.6 is 0 Å². The molecule has 0 radical (unpaired) electrons. The molecule has 27 heteroatoms. The fourth-order valence-electron chi connectivity index (χ4n) is 7.88. The number of hydrogen-bond acceptors (Lipinski definition) is 15. The minimum atomic E-state index is -1.83. The normalized spacial score (nSPS) is 16.8. The van der Waals surface area contributed by atoms with Gasteiger partial charge in [-0.15, -0.1) is 0 Å². The molecule has 0 aromatic heterocycles. The molecule has 0 bridgehead atoms. The van der Waals surface area contributed by atoms with Crippen molar-refractivity contribution in [1.29, 1.82) is 0 Å². The van der Waals surface area contributed by atoms with Gasteiger partial charge in [0.15, 0.2) is 0 Å². The number of likely N-dealkylation sites (tertiary alicyclic amines) is 1. The molecule has 0 aliphatic carbocycles. The molecular weight excluding hydrogens is 983 g/mol. The molecule has 0 saturated carbocycles. The molecule has 10 atom stereocenters. The van der Waals surface area contributed by atoms with Crippen LogP contribution in [-0.4, -0.2) is 154 Å². The first-order chi connectivity index (χ1) is 35.1. The molecule has 1 aromatic rings. The number of nitrogens with one attached hydrogen (secondary N) is 7. The van der Waals surface area contributed by atoms with E-state index < -0.39 is 157 Å². The van der Waals surface area contributed by atoms with Crippen LogP contribution in [0, 0.1) is 17.8 Å². The van der Waals surface area contributed by atoms with E-state index in [1.54, 1.807) is 41.5 Å². The first-order valence-corrected chi connectivity index (χ1v) is 24.8. The smallest absolute Gasteiger partial charge is 0.246 e. The molecular formula is C48H77N13O14. The SMILES string of the molecule is CCC(C)C(NC(=O)C1CCCN1C(=O)C(Cc1ccc(O)cc1)NC(=O)C(CC(N)=O)NC(=O)C(CCC(N)=O)NC(=O)C(CO)NC(=O)C(N)C(C)C)C(=O)NC(CC(C)C)C(=O)NC(CCC(N)=O)C(N)=O. The average Bonchev–Trinajstić information content (AvgIpc) is 3.83. The summed E-state index contributed by atoms with van der Waals surface area (Å²) < 4.78 is 0. The van der Waals surface area contributed by atoms with E-state index in [0.29, 0.717) is 18.4 Å². The van der Waals surface area contributed by atoms with Gasteiger partial charge in [-0.2, -0.15) is 0 Å². The number of primary amides is 4. The second kappa shape index (κ2) is 30.7. The molecule has 10 unspecified atom stereocenters. The lowest BCUT2D eigenvalue weighted by Crippen LogP contribution is -2.61. The summed E-state index contributed by atoms with van der Waals surface area (Å²) in [6, 6.07) is -7.13. The summed E-state index contributed by atoms with van der Waals surface area (Å²) in [7, 11) is 0. The lowest BCUT2D eigenvalue weighted by atomic mass is 9.96. The van der Waals surface area contributed by atoms with Crippen molar-refractivity contribution in [3.05, 3.63) is 29.8 Å². The molecule has 1 fully saturated rings. The number of hydrogen-bond donors (Lipinski definition) is 14. The van der Waals surface area contributed by atoms with Gasteiger partial charge in [0, 0.05) is 25.8 Å². The largest absolute Gasteiger partial charge is 0.508 e. The van der Waals surface area contributed by atoms with E-state index in [9.17, 15) is 67.7 Å². The summed E-state index contributed by atoms with van der Waals surface area (Å²) in [5.74, 6) is -12.1. The third kappa shape index (κ3) is 21.2. The number of aliphatic hydroxyl groups is 1. The van der Waals surface area contributed by atoms with Gasteiger partial charge in [0.2, 0.25) is 70.9 Å². The van der Waals surface area contributed by atoms with Crippen LogP contribution in [0.2, 0.25) is 0 Å². The molecule has 418 valence electrons. The van der Waals surface area contributed by atoms with E-state index in [1.807, 2.05) is 0 Å². The van der Waals surface area contributed by atoms with E-state index in [2.05, 4.69) is 37.2 Å². The highest BCUT2D eigenvalue weighted by molar-refractivity contribution is 5.99.